The Balaban J connectivity index is 0.000000333. The van der Waals surface area contributed by atoms with Gasteiger partial charge in [-0.3, -0.25) is 0 Å². The van der Waals surface area contributed by atoms with Crippen LogP contribution in [0.5, 0.6) is 5.75 Å². The van der Waals surface area contributed by atoms with Crippen LogP contribution in [0.25, 0.3) is 0 Å². The second-order valence-electron chi connectivity index (χ2n) is 4.21. The molecule has 0 unspecified atom stereocenters. The molecule has 0 radical (unpaired) electrons. The number of hydrogen-bond donors (Lipinski definition) is 0. The Hall–Kier alpha value is -0.920. The number of methoxy groups -OCH3 is 1. The minimum atomic E-state index is -6.09. The summed E-state index contributed by atoms with van der Waals surface area (Å²) in [6.07, 6.45) is 0. The van der Waals surface area contributed by atoms with E-state index in [9.17, 15) is 17.6 Å². The van der Waals surface area contributed by atoms with Crippen LogP contribution in [-0.4, -0.2) is 25.6 Å². The van der Waals surface area contributed by atoms with E-state index in [1.807, 2.05) is 24.3 Å². The van der Waals surface area contributed by atoms with Crippen LogP contribution in [0.4, 0.5) is 17.6 Å². The highest BCUT2D eigenvalue weighted by molar-refractivity contribution is 9.10. The molecule has 25 heavy (non-hydrogen) atoms. The minimum Gasteiger partial charge on any atom is -0.741 e. The van der Waals surface area contributed by atoms with Gasteiger partial charge in [-0.15, -0.1) is 0 Å². The summed E-state index contributed by atoms with van der Waals surface area (Å²) in [7, 11) is -4.44. The largest absolute Gasteiger partial charge is 0.741 e. The normalized spacial score (nSPS) is 11.5. The maximum Gasteiger partial charge on any atom is 0.485 e. The minimum absolute atomic E-state index is 0.184. The van der Waals surface area contributed by atoms with Crippen molar-refractivity contribution < 1.29 is 56.5 Å². The van der Waals surface area contributed by atoms with Crippen molar-refractivity contribution in [2.75, 3.05) is 7.11 Å². The molecular formula is C14H10BrF4IO4S. The van der Waals surface area contributed by atoms with Gasteiger partial charge >= 0.3 is 26.7 Å². The molecule has 0 aromatic heterocycles. The van der Waals surface area contributed by atoms with E-state index in [0.717, 1.165) is 13.8 Å². The van der Waals surface area contributed by atoms with Gasteiger partial charge in [0, 0.05) is 6.07 Å². The molecule has 2 rings (SSSR count). The molecule has 4 nitrogen and oxygen atoms in total. The fraction of sp³-hybridized carbons (Fsp3) is 0.143. The van der Waals surface area contributed by atoms with Crippen LogP contribution in [0.3, 0.4) is 0 Å². The first-order chi connectivity index (χ1) is 11.4. The molecule has 0 atom stereocenters. The molecular weight excluding hydrogens is 547 g/mol. The molecule has 11 heteroatoms. The van der Waals surface area contributed by atoms with Crippen molar-refractivity contribution in [2.45, 2.75) is 5.51 Å². The first-order valence-corrected chi connectivity index (χ1v) is 10.6. The summed E-state index contributed by atoms with van der Waals surface area (Å²) in [5, 5.41) is 0. The summed E-state index contributed by atoms with van der Waals surface area (Å²) in [5.41, 5.74) is -5.65. The average Bonchev–Trinajstić information content (AvgIpc) is 2.50. The first-order valence-electron chi connectivity index (χ1n) is 6.20. The van der Waals surface area contributed by atoms with Gasteiger partial charge < -0.3 is 9.29 Å². The predicted octanol–water partition coefficient (Wildman–Crippen LogP) is 0.777. The Kier molecular flexibility index (Phi) is 8.09. The van der Waals surface area contributed by atoms with Crippen LogP contribution in [-0.2, 0) is 10.1 Å². The molecule has 0 saturated heterocycles. The summed E-state index contributed by atoms with van der Waals surface area (Å²) < 4.78 is 80.4. The Morgan fingerprint density at radius 3 is 2.08 bits per heavy atom. The van der Waals surface area contributed by atoms with E-state index in [-0.39, 0.29) is 27.0 Å². The van der Waals surface area contributed by atoms with E-state index in [2.05, 4.69) is 15.9 Å². The Morgan fingerprint density at radius 1 is 1.12 bits per heavy atom. The molecule has 2 aromatic rings. The van der Waals surface area contributed by atoms with Gasteiger partial charge in [-0.25, -0.2) is 12.8 Å². The lowest BCUT2D eigenvalue weighted by atomic mass is 10.3. The Morgan fingerprint density at radius 2 is 1.64 bits per heavy atom. The van der Waals surface area contributed by atoms with Crippen molar-refractivity contribution in [1.82, 2.24) is 0 Å². The lowest BCUT2D eigenvalue weighted by molar-refractivity contribution is -0.598. The van der Waals surface area contributed by atoms with Gasteiger partial charge in [0.15, 0.2) is 13.7 Å². The van der Waals surface area contributed by atoms with Crippen LogP contribution in [0, 0.1) is 13.0 Å². The van der Waals surface area contributed by atoms with Gasteiger partial charge in [0.1, 0.15) is 11.6 Å². The molecule has 0 fully saturated rings. The van der Waals surface area contributed by atoms with Crippen LogP contribution < -0.4 is 25.9 Å². The van der Waals surface area contributed by atoms with Crippen LogP contribution in [0.15, 0.2) is 46.9 Å². The van der Waals surface area contributed by atoms with Crippen molar-refractivity contribution in [1.29, 1.82) is 0 Å². The SMILES string of the molecule is COc1ccc([I+]c2cc(F)ccc2Br)cc1.O=S(=O)([O-])C(F)(F)F. The summed E-state index contributed by atoms with van der Waals surface area (Å²) >= 11 is 3.08. The summed E-state index contributed by atoms with van der Waals surface area (Å²) in [4.78, 5) is 0. The maximum atomic E-state index is 13.1. The molecule has 0 bridgehead atoms. The second-order valence-corrected chi connectivity index (χ2v) is 9.38. The lowest BCUT2D eigenvalue weighted by Gasteiger charge is -2.08. The van der Waals surface area contributed by atoms with Gasteiger partial charge in [-0.2, -0.15) is 13.2 Å². The average molecular weight is 557 g/mol. The van der Waals surface area contributed by atoms with Gasteiger partial charge in [-0.1, -0.05) is 0 Å². The third-order valence-corrected chi connectivity index (χ3v) is 7.24. The zero-order chi connectivity index (χ0) is 19.3. The van der Waals surface area contributed by atoms with Crippen molar-refractivity contribution >= 4 is 26.0 Å². The third-order valence-electron chi connectivity index (χ3n) is 2.43. The molecule has 2 aromatic carbocycles. The summed E-state index contributed by atoms with van der Waals surface area (Å²) in [5.74, 6) is 0.660. The number of hydrogen-bond acceptors (Lipinski definition) is 4. The Bertz CT molecular complexity index is 811. The van der Waals surface area contributed by atoms with Gasteiger partial charge in [0.25, 0.3) is 0 Å². The van der Waals surface area contributed by atoms with Crippen LogP contribution in [0.1, 0.15) is 0 Å². The fourth-order valence-electron chi connectivity index (χ4n) is 1.29. The monoisotopic (exact) mass is 556 g/mol. The quantitative estimate of drug-likeness (QED) is 0.184. The number of rotatable bonds is 3. The van der Waals surface area contributed by atoms with Crippen molar-refractivity contribution in [2.24, 2.45) is 0 Å². The number of halogens is 6. The van der Waals surface area contributed by atoms with Crippen molar-refractivity contribution in [3.8, 4) is 5.75 Å². The number of alkyl halides is 3. The second kappa shape index (κ2) is 9.14. The molecule has 0 amide bonds. The van der Waals surface area contributed by atoms with Crippen molar-refractivity contribution in [3.05, 3.63) is 59.9 Å². The lowest BCUT2D eigenvalue weighted by Crippen LogP contribution is -3.61. The van der Waals surface area contributed by atoms with Crippen LogP contribution >= 0.6 is 15.9 Å². The molecule has 0 spiro atoms. The zero-order valence-electron chi connectivity index (χ0n) is 12.4. The number of benzene rings is 2. The maximum absolute atomic E-state index is 13.1. The van der Waals surface area contributed by atoms with Crippen LogP contribution in [0.2, 0.25) is 0 Å². The molecule has 0 heterocycles. The van der Waals surface area contributed by atoms with Gasteiger partial charge in [0.05, 0.1) is 11.6 Å². The number of ether oxygens (including phenoxy) is 1. The predicted molar refractivity (Wildman–Crippen MR) is 80.2 cm³/mol. The topological polar surface area (TPSA) is 66.4 Å². The first kappa shape index (κ1) is 22.1. The molecule has 0 aliphatic carbocycles. The third kappa shape index (κ3) is 7.46. The van der Waals surface area contributed by atoms with E-state index in [0.29, 0.717) is 0 Å². The summed E-state index contributed by atoms with van der Waals surface area (Å²) in [6.45, 7) is 0. The molecule has 0 N–H and O–H groups in total. The molecule has 0 saturated carbocycles. The standard InChI is InChI=1S/C13H10BrFIO.CHF3O3S/c1-17-11-5-3-10(4-6-11)16-13-8-9(15)2-7-12(13)14;2-1(3,4)8(5,6)7/h2-8H,1H3;(H,5,6,7)/q+1;/p-1. The molecule has 138 valence electrons. The highest BCUT2D eigenvalue weighted by Gasteiger charge is 2.36. The molecule has 0 aliphatic rings. The Labute approximate surface area is 160 Å². The summed E-state index contributed by atoms with van der Waals surface area (Å²) in [6, 6.07) is 12.7. The smallest absolute Gasteiger partial charge is 0.485 e. The van der Waals surface area contributed by atoms with E-state index in [1.165, 1.54) is 9.64 Å². The fourth-order valence-corrected chi connectivity index (χ4v) is 4.32. The zero-order valence-corrected chi connectivity index (χ0v) is 16.9. The highest BCUT2D eigenvalue weighted by atomic mass is 127. The van der Waals surface area contributed by atoms with Gasteiger partial charge in [-0.05, 0) is 52.3 Å². The van der Waals surface area contributed by atoms with Crippen molar-refractivity contribution in [3.63, 3.8) is 0 Å². The van der Waals surface area contributed by atoms with E-state index >= 15 is 0 Å². The highest BCUT2D eigenvalue weighted by Crippen LogP contribution is 2.20. The van der Waals surface area contributed by atoms with E-state index in [4.69, 9.17) is 17.7 Å². The molecule has 0 aliphatic heterocycles. The van der Waals surface area contributed by atoms with E-state index in [1.54, 1.807) is 19.2 Å². The van der Waals surface area contributed by atoms with Gasteiger partial charge in [0.2, 0.25) is 3.57 Å². The van der Waals surface area contributed by atoms with E-state index < -0.39 is 15.6 Å².